The first-order chi connectivity index (χ1) is 37.4. The number of esters is 1. The maximum absolute atomic E-state index is 13.7. The van der Waals surface area contributed by atoms with Crippen LogP contribution in [0.1, 0.15) is 183 Å². The second-order valence-corrected chi connectivity index (χ2v) is 27.6. The first kappa shape index (κ1) is 59.2. The first-order valence-corrected chi connectivity index (χ1v) is 30.6. The minimum atomic E-state index is -1.06. The van der Waals surface area contributed by atoms with E-state index in [0.717, 1.165) is 69.9 Å². The number of amides is 1. The number of carbonyl (C=O) groups is 4. The van der Waals surface area contributed by atoms with Crippen LogP contribution in [0.2, 0.25) is 0 Å². The lowest BCUT2D eigenvalue weighted by molar-refractivity contribution is -0.211. The molecule has 8 aliphatic carbocycles. The highest BCUT2D eigenvalue weighted by Gasteiger charge is 2.68. The van der Waals surface area contributed by atoms with Gasteiger partial charge in [0.25, 0.3) is 0 Å². The molecule has 436 valence electrons. The minimum absolute atomic E-state index is 0.0513. The Labute approximate surface area is 472 Å². The standard InChI is InChI=1S/C66H96N2O11/c1-12-28-66(74)41(3)34-53-49-22-18-43-35-46(69)21-23-48(43)58(49)50(39-64(53,66)8)42-16-19-45(20-17-42)68(10)31-33-76-47-27-29-63(7)44(36-47)37-55(78-61(73)77-32-14-13-30-67-60(72)79-62(4,5)6)59-52-25-24-51(40(2)15-26-57(71)75-11)65(52,9)56(70)38-54(59)63/h16-17,19-20,35,40-41,44,47,49-56,59,70,74H,13-15,18,21-27,29-34,36-39H2,1-11H3,(H,67,72)/t40-,41?,44+,47+,49?,50-,51-,52+,53?,54+,55-,56+,59+,63+,64+,65-,66+/m1/s1. The Hall–Kier alpha value is -4.38. The Balaban J connectivity index is 0.859. The molecule has 79 heavy (non-hydrogen) atoms. The number of methoxy groups -OCH3 is 1. The zero-order valence-electron chi connectivity index (χ0n) is 49.8. The summed E-state index contributed by atoms with van der Waals surface area (Å²) in [7, 11) is 3.56. The molecular formula is C66H96N2O11. The summed E-state index contributed by atoms with van der Waals surface area (Å²) in [5.74, 6) is 8.41. The fourth-order valence-corrected chi connectivity index (χ4v) is 18.3. The first-order valence-electron chi connectivity index (χ1n) is 30.6. The van der Waals surface area contributed by atoms with E-state index in [0.29, 0.717) is 76.5 Å². The van der Waals surface area contributed by atoms with E-state index >= 15 is 0 Å². The topological polar surface area (TPSA) is 170 Å². The number of carbonyl (C=O) groups excluding carboxylic acids is 4. The molecule has 0 saturated heterocycles. The number of aliphatic hydroxyl groups excluding tert-OH is 1. The monoisotopic (exact) mass is 1090 g/mol. The Bertz CT molecular complexity index is 2540. The molecule has 6 fully saturated rings. The third kappa shape index (κ3) is 11.4. The summed E-state index contributed by atoms with van der Waals surface area (Å²) >= 11 is 0. The SMILES string of the molecule is CC#C[C@]1(O)C(C)CC2C3CCC4=CC(=O)CCC4=C3[C@@H](c3ccc(N(C)CCO[C@H]4CC[C@@]5(C)[C@@H](C4)C[C@@H](OC(=O)OCCCCNC(=O)OC(C)(C)C)[C@@H]4[C@@H]5C[C@H](O)[C@]5(C)[C@@H]([C@H](C)CCC(=O)OC)CC[C@@H]45)cc3)C[C@@]21C. The normalized spacial score (nSPS) is 37.7. The van der Waals surface area contributed by atoms with E-state index in [-0.39, 0.29) is 88.7 Å². The molecule has 8 aliphatic rings. The number of ether oxygens (including phenoxy) is 5. The number of allylic oxidation sites excluding steroid dienone is 4. The van der Waals surface area contributed by atoms with Gasteiger partial charge in [-0.1, -0.05) is 58.2 Å². The van der Waals surface area contributed by atoms with Gasteiger partial charge in [0.15, 0.2) is 5.78 Å². The van der Waals surface area contributed by atoms with Crippen molar-refractivity contribution in [2.75, 3.05) is 45.4 Å². The molecule has 3 unspecified atom stereocenters. The third-order valence-corrected chi connectivity index (χ3v) is 22.4. The fourth-order valence-electron chi connectivity index (χ4n) is 18.3. The summed E-state index contributed by atoms with van der Waals surface area (Å²) < 4.78 is 29.4. The number of hydrogen-bond acceptors (Lipinski definition) is 12. The van der Waals surface area contributed by atoms with E-state index in [2.05, 4.69) is 88.0 Å². The molecule has 9 rings (SSSR count). The Morgan fingerprint density at radius 2 is 1.70 bits per heavy atom. The molecular weight excluding hydrogens is 997 g/mol. The lowest BCUT2D eigenvalue weighted by Gasteiger charge is -2.64. The number of hydrogen-bond donors (Lipinski definition) is 3. The number of alkyl carbamates (subject to hydrolysis) is 1. The molecule has 0 bridgehead atoms. The second-order valence-electron chi connectivity index (χ2n) is 27.6. The molecule has 17 atom stereocenters. The summed E-state index contributed by atoms with van der Waals surface area (Å²) in [5, 5.41) is 27.7. The van der Waals surface area contributed by atoms with E-state index in [9.17, 15) is 29.4 Å². The van der Waals surface area contributed by atoms with Crippen LogP contribution in [0, 0.1) is 81.3 Å². The van der Waals surface area contributed by atoms with Crippen LogP contribution in [0.3, 0.4) is 0 Å². The van der Waals surface area contributed by atoms with Crippen molar-refractivity contribution >= 4 is 29.7 Å². The van der Waals surface area contributed by atoms with Crippen molar-refractivity contribution in [2.24, 2.45) is 69.5 Å². The Morgan fingerprint density at radius 1 is 0.937 bits per heavy atom. The van der Waals surface area contributed by atoms with Crippen molar-refractivity contribution < 1.29 is 53.1 Å². The number of likely N-dealkylation sites (N-methyl/N-ethyl adjacent to an activating group) is 1. The second kappa shape index (κ2) is 23.5. The lowest BCUT2D eigenvalue weighted by atomic mass is 9.43. The molecule has 1 aromatic rings. The Kier molecular flexibility index (Phi) is 17.6. The van der Waals surface area contributed by atoms with Crippen molar-refractivity contribution in [1.82, 2.24) is 5.32 Å². The third-order valence-electron chi connectivity index (χ3n) is 22.4. The van der Waals surface area contributed by atoms with Gasteiger partial charge < -0.3 is 44.1 Å². The largest absolute Gasteiger partial charge is 0.508 e. The van der Waals surface area contributed by atoms with E-state index < -0.39 is 35.0 Å². The lowest BCUT2D eigenvalue weighted by Crippen LogP contribution is -2.63. The van der Waals surface area contributed by atoms with E-state index in [1.54, 1.807) is 0 Å². The fraction of sp³-hybridized carbons (Fsp3) is 0.758. The van der Waals surface area contributed by atoms with Crippen LogP contribution < -0.4 is 10.2 Å². The number of aliphatic hydroxyl groups is 2. The highest BCUT2D eigenvalue weighted by Crippen LogP contribution is 2.70. The molecule has 0 heterocycles. The van der Waals surface area contributed by atoms with Gasteiger partial charge in [-0.25, -0.2) is 9.59 Å². The van der Waals surface area contributed by atoms with Crippen LogP contribution in [-0.2, 0) is 33.3 Å². The number of ketones is 1. The van der Waals surface area contributed by atoms with Crippen LogP contribution in [-0.4, -0.2) is 104 Å². The van der Waals surface area contributed by atoms with Crippen LogP contribution in [0.5, 0.6) is 0 Å². The molecule has 13 nitrogen and oxygen atoms in total. The van der Waals surface area contributed by atoms with Crippen molar-refractivity contribution in [3.05, 3.63) is 52.6 Å². The van der Waals surface area contributed by atoms with Gasteiger partial charge >= 0.3 is 18.2 Å². The maximum atomic E-state index is 13.7. The number of anilines is 1. The number of fused-ring (bicyclic) bond motifs is 9. The predicted molar refractivity (Wildman–Crippen MR) is 305 cm³/mol. The zero-order valence-corrected chi connectivity index (χ0v) is 49.8. The quantitative estimate of drug-likeness (QED) is 0.0621. The highest BCUT2D eigenvalue weighted by atomic mass is 16.7. The highest BCUT2D eigenvalue weighted by molar-refractivity contribution is 5.93. The van der Waals surface area contributed by atoms with Gasteiger partial charge in [0.2, 0.25) is 0 Å². The Morgan fingerprint density at radius 3 is 2.42 bits per heavy atom. The van der Waals surface area contributed by atoms with Gasteiger partial charge in [-0.05, 0) is 217 Å². The summed E-state index contributed by atoms with van der Waals surface area (Å²) in [6.45, 7) is 20.6. The van der Waals surface area contributed by atoms with Gasteiger partial charge in [-0.3, -0.25) is 9.59 Å². The molecule has 1 amide bonds. The molecule has 3 N–H and O–H groups in total. The van der Waals surface area contributed by atoms with Gasteiger partial charge in [0.05, 0.1) is 32.5 Å². The van der Waals surface area contributed by atoms with Crippen molar-refractivity contribution in [1.29, 1.82) is 0 Å². The van der Waals surface area contributed by atoms with E-state index in [4.69, 9.17) is 23.7 Å². The van der Waals surface area contributed by atoms with Crippen molar-refractivity contribution in [3.8, 4) is 11.8 Å². The van der Waals surface area contributed by atoms with Gasteiger partial charge in [0.1, 0.15) is 17.3 Å². The van der Waals surface area contributed by atoms with Crippen molar-refractivity contribution in [3.63, 3.8) is 0 Å². The van der Waals surface area contributed by atoms with Gasteiger partial charge in [-0.2, -0.15) is 0 Å². The van der Waals surface area contributed by atoms with Crippen LogP contribution >= 0.6 is 0 Å². The summed E-state index contributed by atoms with van der Waals surface area (Å²) in [6.07, 6.45) is 13.3. The maximum Gasteiger partial charge on any atom is 0.508 e. The zero-order chi connectivity index (χ0) is 56.8. The predicted octanol–water partition coefficient (Wildman–Crippen LogP) is 12.1. The smallest absolute Gasteiger partial charge is 0.469 e. The number of nitrogens with one attached hydrogen (secondary N) is 1. The number of benzene rings is 1. The number of unbranched alkanes of at least 4 members (excludes halogenated alkanes) is 1. The number of nitrogens with zero attached hydrogens (tertiary/aromatic N) is 1. The van der Waals surface area contributed by atoms with E-state index in [1.165, 1.54) is 29.4 Å². The molecule has 0 spiro atoms. The molecule has 0 aromatic heterocycles. The molecule has 13 heteroatoms. The van der Waals surface area contributed by atoms with Gasteiger partial charge in [-0.15, -0.1) is 5.92 Å². The summed E-state index contributed by atoms with van der Waals surface area (Å²) in [6, 6.07) is 9.06. The summed E-state index contributed by atoms with van der Waals surface area (Å²) in [5.41, 5.74) is 4.07. The minimum Gasteiger partial charge on any atom is -0.469 e. The van der Waals surface area contributed by atoms with Gasteiger partial charge in [0, 0.05) is 55.9 Å². The van der Waals surface area contributed by atoms with Crippen molar-refractivity contribution in [2.45, 2.75) is 207 Å². The van der Waals surface area contributed by atoms with Crippen LogP contribution in [0.25, 0.3) is 0 Å². The number of rotatable bonds is 16. The molecule has 1 aromatic carbocycles. The van der Waals surface area contributed by atoms with Crippen LogP contribution in [0.4, 0.5) is 15.3 Å². The molecule has 0 radical (unpaired) electrons. The average molecular weight is 1090 g/mol. The molecule has 0 aliphatic heterocycles. The summed E-state index contributed by atoms with van der Waals surface area (Å²) in [4.78, 5) is 53.1. The average Bonchev–Trinajstić information content (AvgIpc) is 4.04. The van der Waals surface area contributed by atoms with Crippen LogP contribution in [0.15, 0.2) is 47.1 Å². The molecule has 6 saturated carbocycles. The van der Waals surface area contributed by atoms with E-state index in [1.807, 2.05) is 33.8 Å².